The number of nitrogens with zero attached hydrogens (tertiary/aromatic N) is 1. The Hall–Kier alpha value is -1.33. The zero-order valence-electron chi connectivity index (χ0n) is 9.66. The number of hydrogen-bond donors (Lipinski definition) is 0. The van der Waals surface area contributed by atoms with Gasteiger partial charge in [-0.3, -0.25) is 4.79 Å². The fourth-order valence-electron chi connectivity index (χ4n) is 0.761. The molecule has 1 amide bonds. The molecule has 0 N–H and O–H groups in total. The van der Waals surface area contributed by atoms with Crippen LogP contribution in [0.15, 0.2) is 0 Å². The van der Waals surface area contributed by atoms with Crippen LogP contribution >= 0.6 is 0 Å². The van der Waals surface area contributed by atoms with Gasteiger partial charge >= 0.3 is 42.9 Å². The van der Waals surface area contributed by atoms with E-state index in [1.54, 1.807) is 0 Å². The van der Waals surface area contributed by atoms with Gasteiger partial charge in [-0.25, -0.2) is 0 Å². The molecule has 0 atom stereocenters. The van der Waals surface area contributed by atoms with Crippen molar-refractivity contribution in [3.63, 3.8) is 0 Å². The third-order valence-corrected chi connectivity index (χ3v) is 5.92. The van der Waals surface area contributed by atoms with Crippen LogP contribution in [0.25, 0.3) is 0 Å². The highest BCUT2D eigenvalue weighted by atomic mass is 32.3. The monoisotopic (exact) mass is 409 g/mol. The minimum atomic E-state index is -7.87. The standard InChI is InChI=1S/C5HF10NO5S2/c6-2(7,8)4(12,13)22(18,19)16(1-17)23(20,21)5(14,15)3(9,10)11/h1H. The van der Waals surface area contributed by atoms with Crippen molar-refractivity contribution in [2.75, 3.05) is 0 Å². The molecule has 0 bridgehead atoms. The molecule has 0 saturated carbocycles. The molecule has 0 saturated heterocycles. The summed E-state index contributed by atoms with van der Waals surface area (Å²) in [7, 11) is -15.7. The van der Waals surface area contributed by atoms with Crippen LogP contribution in [-0.4, -0.2) is 49.8 Å². The van der Waals surface area contributed by atoms with E-state index in [2.05, 4.69) is 0 Å². The molecular formula is C5HF10NO5S2. The number of carbonyl (C=O) groups is 1. The van der Waals surface area contributed by atoms with E-state index in [1.165, 1.54) is 0 Å². The molecular weight excluding hydrogens is 408 g/mol. The molecule has 0 aliphatic rings. The Kier molecular flexibility index (Phi) is 5.04. The molecule has 18 heteroatoms. The SMILES string of the molecule is O=CN(S(=O)(=O)C(F)(F)C(F)(F)F)S(=O)(=O)C(F)(F)C(F)(F)F. The number of carbonyl (C=O) groups excluding carboxylic acids is 1. The highest BCUT2D eigenvalue weighted by Crippen LogP contribution is 2.46. The van der Waals surface area contributed by atoms with Crippen LogP contribution < -0.4 is 0 Å². The summed E-state index contributed by atoms with van der Waals surface area (Å²) in [6, 6.07) is 0. The molecule has 0 aromatic rings. The highest BCUT2D eigenvalue weighted by Gasteiger charge is 2.76. The Morgan fingerprint density at radius 1 is 0.609 bits per heavy atom. The first-order chi connectivity index (χ1) is 9.69. The van der Waals surface area contributed by atoms with E-state index in [1.807, 2.05) is 0 Å². The average molecular weight is 409 g/mol. The third-order valence-electron chi connectivity index (χ3n) is 1.87. The summed E-state index contributed by atoms with van der Waals surface area (Å²) in [6.45, 7) is 0. The smallest absolute Gasteiger partial charge is 0.276 e. The molecule has 138 valence electrons. The molecule has 6 nitrogen and oxygen atoms in total. The van der Waals surface area contributed by atoms with Crippen LogP contribution in [0.4, 0.5) is 43.9 Å². The zero-order valence-corrected chi connectivity index (χ0v) is 11.3. The van der Waals surface area contributed by atoms with Crippen molar-refractivity contribution >= 4 is 26.5 Å². The summed E-state index contributed by atoms with van der Waals surface area (Å²) in [6.07, 6.45) is -16.3. The number of rotatable bonds is 5. The predicted molar refractivity (Wildman–Crippen MR) is 47.7 cm³/mol. The van der Waals surface area contributed by atoms with Crippen LogP contribution in [-0.2, 0) is 24.8 Å². The maximum atomic E-state index is 12.7. The first-order valence-electron chi connectivity index (χ1n) is 4.32. The van der Waals surface area contributed by atoms with E-state index < -0.39 is 53.0 Å². The van der Waals surface area contributed by atoms with E-state index in [9.17, 15) is 65.5 Å². The lowest BCUT2D eigenvalue weighted by Crippen LogP contribution is -2.58. The van der Waals surface area contributed by atoms with Gasteiger partial charge in [-0.15, -0.1) is 3.71 Å². The van der Waals surface area contributed by atoms with Gasteiger partial charge in [-0.2, -0.15) is 60.7 Å². The van der Waals surface area contributed by atoms with Crippen molar-refractivity contribution in [1.82, 2.24) is 3.71 Å². The molecule has 0 radical (unpaired) electrons. The average Bonchev–Trinajstić information content (AvgIpc) is 2.25. The van der Waals surface area contributed by atoms with Gasteiger partial charge in [0, 0.05) is 0 Å². The lowest BCUT2D eigenvalue weighted by Gasteiger charge is -2.28. The second-order valence-corrected chi connectivity index (χ2v) is 7.31. The summed E-state index contributed by atoms with van der Waals surface area (Å²) < 4.78 is 162. The molecule has 0 aromatic heterocycles. The van der Waals surface area contributed by atoms with Crippen molar-refractivity contribution in [2.24, 2.45) is 0 Å². The van der Waals surface area contributed by atoms with Gasteiger partial charge in [0.2, 0.25) is 6.41 Å². The van der Waals surface area contributed by atoms with Crippen LogP contribution in [0.3, 0.4) is 0 Å². The number of sulfonamides is 2. The van der Waals surface area contributed by atoms with Crippen molar-refractivity contribution < 1.29 is 65.5 Å². The zero-order chi connectivity index (χ0) is 19.3. The molecule has 23 heavy (non-hydrogen) atoms. The topological polar surface area (TPSA) is 88.6 Å². The number of alkyl halides is 10. The van der Waals surface area contributed by atoms with E-state index in [-0.39, 0.29) is 0 Å². The Morgan fingerprint density at radius 3 is 0.957 bits per heavy atom. The molecule has 0 aliphatic heterocycles. The molecule has 0 rings (SSSR count). The van der Waals surface area contributed by atoms with Crippen LogP contribution in [0, 0.1) is 0 Å². The Balaban J connectivity index is 6.54. The fraction of sp³-hybridized carbons (Fsp3) is 0.800. The van der Waals surface area contributed by atoms with Crippen molar-refractivity contribution in [2.45, 2.75) is 22.9 Å². The number of hydrogen-bond acceptors (Lipinski definition) is 5. The first kappa shape index (κ1) is 21.7. The summed E-state index contributed by atoms with van der Waals surface area (Å²) in [5, 5.41) is -14.3. The summed E-state index contributed by atoms with van der Waals surface area (Å²) >= 11 is 0. The van der Waals surface area contributed by atoms with Gasteiger partial charge < -0.3 is 0 Å². The Bertz CT molecular complexity index is 617. The van der Waals surface area contributed by atoms with Crippen molar-refractivity contribution in [3.8, 4) is 0 Å². The molecule has 0 unspecified atom stereocenters. The Morgan fingerprint density at radius 2 is 0.826 bits per heavy atom. The Labute approximate surface area is 119 Å². The first-order valence-corrected chi connectivity index (χ1v) is 7.20. The third kappa shape index (κ3) is 3.04. The van der Waals surface area contributed by atoms with Crippen molar-refractivity contribution in [1.29, 1.82) is 0 Å². The fourth-order valence-corrected chi connectivity index (χ4v) is 3.62. The molecule has 0 heterocycles. The van der Waals surface area contributed by atoms with E-state index >= 15 is 0 Å². The lowest BCUT2D eigenvalue weighted by molar-refractivity contribution is -0.244. The van der Waals surface area contributed by atoms with E-state index in [0.29, 0.717) is 0 Å². The predicted octanol–water partition coefficient (Wildman–Crippen LogP) is 1.41. The van der Waals surface area contributed by atoms with Gasteiger partial charge in [-0.05, 0) is 0 Å². The summed E-state index contributed by atoms with van der Waals surface area (Å²) in [5.74, 6) is 0. The minimum Gasteiger partial charge on any atom is -0.276 e. The second-order valence-electron chi connectivity index (χ2n) is 3.37. The molecule has 0 fully saturated rings. The maximum absolute atomic E-state index is 12.7. The minimum absolute atomic E-state index is 2.07. The molecule has 0 spiro atoms. The van der Waals surface area contributed by atoms with Crippen LogP contribution in [0.2, 0.25) is 0 Å². The molecule has 0 aromatic carbocycles. The summed E-state index contributed by atoms with van der Waals surface area (Å²) in [5.41, 5.74) is 0. The van der Waals surface area contributed by atoms with E-state index in [4.69, 9.17) is 0 Å². The number of amides is 1. The highest BCUT2D eigenvalue weighted by molar-refractivity contribution is 8.05. The van der Waals surface area contributed by atoms with Crippen molar-refractivity contribution in [3.05, 3.63) is 0 Å². The largest absolute Gasteiger partial charge is 0.471 e. The van der Waals surface area contributed by atoms with Crippen LogP contribution in [0.5, 0.6) is 0 Å². The van der Waals surface area contributed by atoms with E-state index in [0.717, 1.165) is 0 Å². The summed E-state index contributed by atoms with van der Waals surface area (Å²) in [4.78, 5) is 10.1. The van der Waals surface area contributed by atoms with Gasteiger partial charge in [-0.1, -0.05) is 0 Å². The second kappa shape index (κ2) is 5.35. The number of halogens is 10. The van der Waals surface area contributed by atoms with Crippen LogP contribution in [0.1, 0.15) is 0 Å². The normalized spacial score (nSPS) is 15.4. The maximum Gasteiger partial charge on any atom is 0.471 e. The quantitative estimate of drug-likeness (QED) is 0.506. The van der Waals surface area contributed by atoms with Gasteiger partial charge in [0.1, 0.15) is 0 Å². The molecule has 0 aliphatic carbocycles. The lowest BCUT2D eigenvalue weighted by atomic mass is 10.7. The van der Waals surface area contributed by atoms with Gasteiger partial charge in [0.15, 0.2) is 0 Å². The van der Waals surface area contributed by atoms with Gasteiger partial charge in [0.05, 0.1) is 0 Å². The van der Waals surface area contributed by atoms with Gasteiger partial charge in [0.25, 0.3) is 0 Å².